The summed E-state index contributed by atoms with van der Waals surface area (Å²) in [6, 6.07) is 8.52. The number of aliphatic carboxylic acids is 1. The predicted molar refractivity (Wildman–Crippen MR) is 77.2 cm³/mol. The summed E-state index contributed by atoms with van der Waals surface area (Å²) >= 11 is 1.84. The molecule has 18 heavy (non-hydrogen) atoms. The Balaban J connectivity index is 2.20. The van der Waals surface area contributed by atoms with Crippen molar-refractivity contribution < 1.29 is 9.90 Å². The average molecular weight is 266 g/mol. The lowest BCUT2D eigenvalue weighted by atomic mass is 9.88. The molecule has 0 aliphatic heterocycles. The molecule has 0 bridgehead atoms. The second-order valence-electron chi connectivity index (χ2n) is 5.31. The van der Waals surface area contributed by atoms with Gasteiger partial charge in [-0.05, 0) is 51.5 Å². The van der Waals surface area contributed by atoms with Gasteiger partial charge in [0.1, 0.15) is 0 Å². The SMILES string of the molecule is Cc1ccc(SCCCCC(C)(C)C(=O)O)cc1. The van der Waals surface area contributed by atoms with Crippen LogP contribution in [0.4, 0.5) is 0 Å². The number of aryl methyl sites for hydroxylation is 1. The summed E-state index contributed by atoms with van der Waals surface area (Å²) in [5, 5.41) is 9.00. The molecule has 1 aromatic rings. The highest BCUT2D eigenvalue weighted by Gasteiger charge is 2.25. The van der Waals surface area contributed by atoms with Gasteiger partial charge >= 0.3 is 5.97 Å². The fraction of sp³-hybridized carbons (Fsp3) is 0.533. The number of thioether (sulfide) groups is 1. The summed E-state index contributed by atoms with van der Waals surface area (Å²) in [5.41, 5.74) is 0.691. The van der Waals surface area contributed by atoms with Gasteiger partial charge in [-0.15, -0.1) is 11.8 Å². The first-order valence-electron chi connectivity index (χ1n) is 6.35. The van der Waals surface area contributed by atoms with Crippen molar-refractivity contribution >= 4 is 17.7 Å². The molecular weight excluding hydrogens is 244 g/mol. The zero-order valence-electron chi connectivity index (χ0n) is 11.4. The second kappa shape index (κ2) is 6.83. The van der Waals surface area contributed by atoms with Gasteiger partial charge in [0.25, 0.3) is 0 Å². The molecule has 0 fully saturated rings. The van der Waals surface area contributed by atoms with E-state index in [1.165, 1.54) is 10.5 Å². The highest BCUT2D eigenvalue weighted by Crippen LogP contribution is 2.25. The fourth-order valence-corrected chi connectivity index (χ4v) is 2.51. The van der Waals surface area contributed by atoms with E-state index in [1.54, 1.807) is 13.8 Å². The van der Waals surface area contributed by atoms with Gasteiger partial charge in [-0.3, -0.25) is 4.79 Å². The van der Waals surface area contributed by atoms with Crippen molar-refractivity contribution in [3.05, 3.63) is 29.8 Å². The standard InChI is InChI=1S/C15H22O2S/c1-12-6-8-13(9-7-12)18-11-5-4-10-15(2,3)14(16)17/h6-9H,4-5,10-11H2,1-3H3,(H,16,17). The molecule has 1 N–H and O–H groups in total. The van der Waals surface area contributed by atoms with E-state index in [0.29, 0.717) is 0 Å². The highest BCUT2D eigenvalue weighted by molar-refractivity contribution is 7.99. The number of unbranched alkanes of at least 4 members (excludes halogenated alkanes) is 1. The summed E-state index contributed by atoms with van der Waals surface area (Å²) in [6.07, 6.45) is 2.78. The average Bonchev–Trinajstić information content (AvgIpc) is 2.31. The first-order chi connectivity index (χ1) is 8.42. The van der Waals surface area contributed by atoms with Crippen LogP contribution in [-0.4, -0.2) is 16.8 Å². The van der Waals surface area contributed by atoms with Crippen LogP contribution in [0.15, 0.2) is 29.2 Å². The molecule has 3 heteroatoms. The number of benzene rings is 1. The summed E-state index contributed by atoms with van der Waals surface area (Å²) in [4.78, 5) is 12.2. The maximum Gasteiger partial charge on any atom is 0.309 e. The summed E-state index contributed by atoms with van der Waals surface area (Å²) in [6.45, 7) is 5.67. The normalized spacial score (nSPS) is 11.5. The van der Waals surface area contributed by atoms with E-state index in [4.69, 9.17) is 5.11 Å². The van der Waals surface area contributed by atoms with E-state index in [-0.39, 0.29) is 0 Å². The zero-order valence-corrected chi connectivity index (χ0v) is 12.2. The Morgan fingerprint density at radius 3 is 2.39 bits per heavy atom. The van der Waals surface area contributed by atoms with Crippen LogP contribution in [0.1, 0.15) is 38.7 Å². The van der Waals surface area contributed by atoms with Crippen molar-refractivity contribution in [3.8, 4) is 0 Å². The van der Waals surface area contributed by atoms with Crippen LogP contribution in [0.3, 0.4) is 0 Å². The third kappa shape index (κ3) is 5.13. The van der Waals surface area contributed by atoms with Crippen molar-refractivity contribution in [2.75, 3.05) is 5.75 Å². The summed E-state index contributed by atoms with van der Waals surface area (Å²) < 4.78 is 0. The Labute approximate surface area is 114 Å². The summed E-state index contributed by atoms with van der Waals surface area (Å²) in [7, 11) is 0. The number of carbonyl (C=O) groups is 1. The molecule has 0 saturated heterocycles. The smallest absolute Gasteiger partial charge is 0.309 e. The molecule has 1 aromatic carbocycles. The van der Waals surface area contributed by atoms with Gasteiger partial charge in [-0.25, -0.2) is 0 Å². The van der Waals surface area contributed by atoms with E-state index in [1.807, 2.05) is 11.8 Å². The van der Waals surface area contributed by atoms with Crippen LogP contribution >= 0.6 is 11.8 Å². The van der Waals surface area contributed by atoms with Crippen molar-refractivity contribution in [3.63, 3.8) is 0 Å². The van der Waals surface area contributed by atoms with Gasteiger partial charge in [0.15, 0.2) is 0 Å². The topological polar surface area (TPSA) is 37.3 Å². The molecule has 0 heterocycles. The molecule has 0 radical (unpaired) electrons. The van der Waals surface area contributed by atoms with Crippen molar-refractivity contribution in [1.82, 2.24) is 0 Å². The van der Waals surface area contributed by atoms with Crippen LogP contribution in [0.2, 0.25) is 0 Å². The Kier molecular flexibility index (Phi) is 5.73. The quantitative estimate of drug-likeness (QED) is 0.588. The molecule has 0 unspecified atom stereocenters. The Bertz CT molecular complexity index is 382. The van der Waals surface area contributed by atoms with E-state index in [0.717, 1.165) is 25.0 Å². The van der Waals surface area contributed by atoms with E-state index in [2.05, 4.69) is 31.2 Å². The summed E-state index contributed by atoms with van der Waals surface area (Å²) in [5.74, 6) is 0.354. The van der Waals surface area contributed by atoms with Crippen LogP contribution in [0, 0.1) is 12.3 Å². The maximum atomic E-state index is 10.9. The van der Waals surface area contributed by atoms with E-state index >= 15 is 0 Å². The molecule has 1 rings (SSSR count). The highest BCUT2D eigenvalue weighted by atomic mass is 32.2. The first kappa shape index (κ1) is 15.1. The second-order valence-corrected chi connectivity index (χ2v) is 6.48. The van der Waals surface area contributed by atoms with E-state index < -0.39 is 11.4 Å². The minimum Gasteiger partial charge on any atom is -0.481 e. The molecule has 0 aliphatic rings. The van der Waals surface area contributed by atoms with Crippen molar-refractivity contribution in [2.24, 2.45) is 5.41 Å². The Morgan fingerprint density at radius 1 is 1.22 bits per heavy atom. The fourth-order valence-electron chi connectivity index (χ4n) is 1.60. The predicted octanol–water partition coefficient (Wildman–Crippen LogP) is 4.37. The third-order valence-electron chi connectivity index (χ3n) is 3.06. The molecule has 0 atom stereocenters. The lowest BCUT2D eigenvalue weighted by Crippen LogP contribution is -2.23. The Hall–Kier alpha value is -0.960. The molecule has 0 aromatic heterocycles. The number of hydrogen-bond acceptors (Lipinski definition) is 2. The molecule has 0 saturated carbocycles. The minimum atomic E-state index is -0.700. The molecule has 0 aliphatic carbocycles. The zero-order chi connectivity index (χ0) is 13.6. The van der Waals surface area contributed by atoms with Gasteiger partial charge in [-0.2, -0.15) is 0 Å². The monoisotopic (exact) mass is 266 g/mol. The molecule has 0 amide bonds. The van der Waals surface area contributed by atoms with Gasteiger partial charge in [0.2, 0.25) is 0 Å². The van der Waals surface area contributed by atoms with E-state index in [9.17, 15) is 4.79 Å². The first-order valence-corrected chi connectivity index (χ1v) is 7.33. The number of hydrogen-bond donors (Lipinski definition) is 1. The lowest BCUT2D eigenvalue weighted by Gasteiger charge is -2.18. The van der Waals surface area contributed by atoms with Gasteiger partial charge in [-0.1, -0.05) is 24.1 Å². The third-order valence-corrected chi connectivity index (χ3v) is 4.16. The van der Waals surface area contributed by atoms with Crippen LogP contribution < -0.4 is 0 Å². The van der Waals surface area contributed by atoms with Gasteiger partial charge in [0.05, 0.1) is 5.41 Å². The van der Waals surface area contributed by atoms with Crippen LogP contribution in [0.5, 0.6) is 0 Å². The molecule has 100 valence electrons. The minimum absolute atomic E-state index is 0.589. The van der Waals surface area contributed by atoms with Crippen molar-refractivity contribution in [1.29, 1.82) is 0 Å². The van der Waals surface area contributed by atoms with Crippen LogP contribution in [0.25, 0.3) is 0 Å². The number of carboxylic acid groups (broad SMARTS) is 1. The van der Waals surface area contributed by atoms with Crippen LogP contribution in [-0.2, 0) is 4.79 Å². The number of carboxylic acids is 1. The Morgan fingerprint density at radius 2 is 1.83 bits per heavy atom. The maximum absolute atomic E-state index is 10.9. The molecular formula is C15H22O2S. The molecule has 0 spiro atoms. The van der Waals surface area contributed by atoms with Gasteiger partial charge in [0, 0.05) is 4.90 Å². The van der Waals surface area contributed by atoms with Gasteiger partial charge < -0.3 is 5.11 Å². The van der Waals surface area contributed by atoms with Crippen molar-refractivity contribution in [2.45, 2.75) is 44.9 Å². The lowest BCUT2D eigenvalue weighted by molar-refractivity contribution is -0.147. The molecule has 2 nitrogen and oxygen atoms in total. The number of rotatable bonds is 7. The largest absolute Gasteiger partial charge is 0.481 e.